The molecular weight excluding hydrogens is 487 g/mol. The van der Waals surface area contributed by atoms with Crippen molar-refractivity contribution in [2.24, 2.45) is 5.92 Å². The lowest BCUT2D eigenvalue weighted by Gasteiger charge is -2.32. The zero-order chi connectivity index (χ0) is 25.8. The van der Waals surface area contributed by atoms with Crippen molar-refractivity contribution < 1.29 is 9.13 Å². The van der Waals surface area contributed by atoms with Gasteiger partial charge in [0.1, 0.15) is 22.5 Å². The number of nitrogens with one attached hydrogen (secondary N) is 1. The lowest BCUT2D eigenvalue weighted by molar-refractivity contribution is 0.179. The number of ether oxygens (including phenoxy) is 1. The van der Waals surface area contributed by atoms with Crippen LogP contribution < -0.4 is 15.8 Å². The highest BCUT2D eigenvalue weighted by Crippen LogP contribution is 2.37. The van der Waals surface area contributed by atoms with Gasteiger partial charge in [-0.15, -0.1) is 11.3 Å². The first kappa shape index (κ1) is 25.2. The zero-order valence-electron chi connectivity index (χ0n) is 21.0. The largest absolute Gasteiger partial charge is 0.477 e. The summed E-state index contributed by atoms with van der Waals surface area (Å²) in [6.07, 6.45) is 6.29. The highest BCUT2D eigenvalue weighted by molar-refractivity contribution is 7.15. The first-order valence-corrected chi connectivity index (χ1v) is 13.6. The van der Waals surface area contributed by atoms with Crippen LogP contribution in [0.25, 0.3) is 16.3 Å². The van der Waals surface area contributed by atoms with Gasteiger partial charge in [0.15, 0.2) is 0 Å². The van der Waals surface area contributed by atoms with Crippen LogP contribution >= 0.6 is 11.3 Å². The number of aromatic nitrogens is 2. The predicted octanol–water partition coefficient (Wildman–Crippen LogP) is 5.20. The Morgan fingerprint density at radius 1 is 1.27 bits per heavy atom. The van der Waals surface area contributed by atoms with Crippen molar-refractivity contribution in [3.63, 3.8) is 0 Å². The maximum absolute atomic E-state index is 13.2. The molecule has 9 heteroatoms. The molecule has 0 spiro atoms. The number of hydrogen-bond donors (Lipinski definition) is 2. The minimum Gasteiger partial charge on any atom is -0.477 e. The van der Waals surface area contributed by atoms with E-state index < -0.39 is 0 Å². The lowest BCUT2D eigenvalue weighted by Crippen LogP contribution is -2.36. The maximum Gasteiger partial charge on any atom is 0.234 e. The average molecular weight is 519 g/mol. The number of piperidine rings is 1. The molecule has 0 radical (unpaired) electrons. The van der Waals surface area contributed by atoms with Crippen LogP contribution in [0.4, 0.5) is 10.1 Å². The Morgan fingerprint density at radius 2 is 2.03 bits per heavy atom. The van der Waals surface area contributed by atoms with Crippen molar-refractivity contribution in [2.45, 2.75) is 39.2 Å². The smallest absolute Gasteiger partial charge is 0.234 e. The molecule has 5 rings (SSSR count). The van der Waals surface area contributed by atoms with E-state index in [0.29, 0.717) is 29.7 Å². The number of rotatable bonds is 9. The third-order valence-corrected chi connectivity index (χ3v) is 7.85. The van der Waals surface area contributed by atoms with Crippen LogP contribution in [0.15, 0.2) is 42.1 Å². The number of hydrogen-bond acceptors (Lipinski definition) is 8. The Balaban J connectivity index is 1.16. The number of benzene rings is 1. The molecule has 0 bridgehead atoms. The molecule has 37 heavy (non-hydrogen) atoms. The molecule has 1 aromatic carbocycles. The van der Waals surface area contributed by atoms with E-state index >= 15 is 0 Å². The number of nitriles is 1. The third-order valence-electron chi connectivity index (χ3n) is 6.82. The summed E-state index contributed by atoms with van der Waals surface area (Å²) in [5.41, 5.74) is 11.0. The van der Waals surface area contributed by atoms with Crippen LogP contribution in [0.1, 0.15) is 48.7 Å². The van der Waals surface area contributed by atoms with Gasteiger partial charge in [-0.05, 0) is 87.5 Å². The van der Waals surface area contributed by atoms with E-state index in [9.17, 15) is 9.65 Å². The maximum atomic E-state index is 13.2. The van der Waals surface area contributed by atoms with Crippen LogP contribution in [0, 0.1) is 23.1 Å². The fraction of sp³-hybridized carbons (Fsp3) is 0.393. The SMILES string of the molecule is CCOc1nc(C(NCC2CCN(Cc3cnc(-c4ccc(F)cc4)s3)CC2)=C2CC2)cc(N)c1C#N. The summed E-state index contributed by atoms with van der Waals surface area (Å²) in [6, 6.07) is 10.4. The van der Waals surface area contributed by atoms with Crippen molar-refractivity contribution in [2.75, 3.05) is 32.0 Å². The van der Waals surface area contributed by atoms with Crippen molar-refractivity contribution in [1.82, 2.24) is 20.2 Å². The molecule has 3 heterocycles. The van der Waals surface area contributed by atoms with Gasteiger partial charge in [0, 0.05) is 29.7 Å². The molecule has 2 aliphatic rings. The van der Waals surface area contributed by atoms with E-state index in [0.717, 1.165) is 73.8 Å². The predicted molar refractivity (Wildman–Crippen MR) is 144 cm³/mol. The molecule has 7 nitrogen and oxygen atoms in total. The molecule has 2 aromatic heterocycles. The van der Waals surface area contributed by atoms with Crippen molar-refractivity contribution >= 4 is 22.7 Å². The van der Waals surface area contributed by atoms with E-state index in [2.05, 4.69) is 26.3 Å². The van der Waals surface area contributed by atoms with Crippen LogP contribution in [-0.2, 0) is 6.54 Å². The van der Waals surface area contributed by atoms with Gasteiger partial charge in [0.25, 0.3) is 0 Å². The molecule has 3 N–H and O–H groups in total. The normalized spacial score (nSPS) is 15.9. The summed E-state index contributed by atoms with van der Waals surface area (Å²) >= 11 is 1.68. The Labute approximate surface area is 220 Å². The lowest BCUT2D eigenvalue weighted by atomic mass is 9.96. The van der Waals surface area contributed by atoms with Gasteiger partial charge in [0.05, 0.1) is 23.7 Å². The molecule has 192 valence electrons. The van der Waals surface area contributed by atoms with Crippen molar-refractivity contribution in [3.8, 4) is 22.5 Å². The van der Waals surface area contributed by atoms with Crippen LogP contribution in [-0.4, -0.2) is 41.1 Å². The number of anilines is 1. The van der Waals surface area contributed by atoms with Crippen LogP contribution in [0.5, 0.6) is 5.88 Å². The fourth-order valence-electron chi connectivity index (χ4n) is 4.65. The van der Waals surface area contributed by atoms with Gasteiger partial charge < -0.3 is 15.8 Å². The molecule has 0 unspecified atom stereocenters. The van der Waals surface area contributed by atoms with E-state index in [1.165, 1.54) is 22.6 Å². The van der Waals surface area contributed by atoms with E-state index in [1.54, 1.807) is 29.5 Å². The molecule has 1 aliphatic heterocycles. The quantitative estimate of drug-likeness (QED) is 0.401. The van der Waals surface area contributed by atoms with Crippen LogP contribution in [0.2, 0.25) is 0 Å². The molecule has 1 saturated heterocycles. The Bertz CT molecular complexity index is 1320. The molecule has 2 fully saturated rings. The first-order chi connectivity index (χ1) is 18.0. The highest BCUT2D eigenvalue weighted by atomic mass is 32.1. The van der Waals surface area contributed by atoms with Gasteiger partial charge in [-0.2, -0.15) is 5.26 Å². The van der Waals surface area contributed by atoms with Crippen molar-refractivity contribution in [1.29, 1.82) is 5.26 Å². The molecular formula is C28H31FN6OS. The van der Waals surface area contributed by atoms with E-state index in [-0.39, 0.29) is 5.82 Å². The Hall–Kier alpha value is -3.48. The molecule has 0 amide bonds. The molecule has 1 aliphatic carbocycles. The number of halogens is 1. The average Bonchev–Trinajstić information content (AvgIpc) is 3.63. The fourth-order valence-corrected chi connectivity index (χ4v) is 5.61. The Kier molecular flexibility index (Phi) is 7.68. The standard InChI is InChI=1S/C28H31FN6OS/c1-2-36-27-23(14-30)24(31)13-25(34-27)26(19-3-4-19)32-15-18-9-11-35(12-10-18)17-22-16-33-28(37-22)20-5-7-21(29)8-6-20/h5-8,13,16,18,32H,2-4,9-12,15,17H2,1H3,(H2,31,34). The van der Waals surface area contributed by atoms with Crippen molar-refractivity contribution in [3.05, 3.63) is 64.1 Å². The number of thiazole rings is 1. The second-order valence-electron chi connectivity index (χ2n) is 9.54. The van der Waals surface area contributed by atoms with E-state index in [1.807, 2.05) is 13.1 Å². The van der Waals surface area contributed by atoms with Gasteiger partial charge in [-0.3, -0.25) is 4.90 Å². The third kappa shape index (κ3) is 6.09. The highest BCUT2D eigenvalue weighted by Gasteiger charge is 2.25. The number of nitrogen functional groups attached to an aromatic ring is 1. The number of nitrogens with two attached hydrogens (primary N) is 1. The number of nitrogens with zero attached hydrogens (tertiary/aromatic N) is 4. The summed E-state index contributed by atoms with van der Waals surface area (Å²) in [4.78, 5) is 12.9. The molecule has 1 saturated carbocycles. The second-order valence-corrected chi connectivity index (χ2v) is 10.7. The summed E-state index contributed by atoms with van der Waals surface area (Å²) in [5, 5.41) is 14.0. The van der Waals surface area contributed by atoms with Gasteiger partial charge in [0.2, 0.25) is 5.88 Å². The first-order valence-electron chi connectivity index (χ1n) is 12.8. The number of likely N-dealkylation sites (tertiary alicyclic amines) is 1. The number of allylic oxidation sites excluding steroid dienone is 1. The second kappa shape index (κ2) is 11.3. The minimum atomic E-state index is -0.231. The summed E-state index contributed by atoms with van der Waals surface area (Å²) in [5.74, 6) is 0.648. The van der Waals surface area contributed by atoms with Gasteiger partial charge in [-0.25, -0.2) is 14.4 Å². The monoisotopic (exact) mass is 518 g/mol. The number of pyridine rings is 1. The minimum absolute atomic E-state index is 0.231. The van der Waals surface area contributed by atoms with E-state index in [4.69, 9.17) is 10.5 Å². The van der Waals surface area contributed by atoms with Gasteiger partial charge >= 0.3 is 0 Å². The summed E-state index contributed by atoms with van der Waals surface area (Å²) < 4.78 is 18.8. The van der Waals surface area contributed by atoms with Gasteiger partial charge in [-0.1, -0.05) is 0 Å². The van der Waals surface area contributed by atoms with Crippen LogP contribution in [0.3, 0.4) is 0 Å². The zero-order valence-corrected chi connectivity index (χ0v) is 21.8. The summed E-state index contributed by atoms with van der Waals surface area (Å²) in [7, 11) is 0. The Morgan fingerprint density at radius 3 is 2.70 bits per heavy atom. The topological polar surface area (TPSA) is 100 Å². The molecule has 0 atom stereocenters. The summed E-state index contributed by atoms with van der Waals surface area (Å²) in [6.45, 7) is 6.15. The molecule has 3 aromatic rings.